The summed E-state index contributed by atoms with van der Waals surface area (Å²) in [6.45, 7) is 1.86. The second kappa shape index (κ2) is 5.61. The van der Waals surface area contributed by atoms with Crippen LogP contribution in [-0.2, 0) is 0 Å². The molecule has 0 saturated carbocycles. The van der Waals surface area contributed by atoms with Gasteiger partial charge in [-0.05, 0) is 38.6 Å². The SMILES string of the molecule is CN(CC1CCCN1C)C(=O)c1sc2cccnc2c1N. The van der Waals surface area contributed by atoms with Crippen molar-refractivity contribution >= 4 is 33.1 Å². The van der Waals surface area contributed by atoms with Crippen molar-refractivity contribution in [1.29, 1.82) is 0 Å². The first kappa shape index (κ1) is 14.3. The van der Waals surface area contributed by atoms with Gasteiger partial charge >= 0.3 is 0 Å². The first-order valence-corrected chi connectivity index (χ1v) is 7.98. The molecule has 5 nitrogen and oxygen atoms in total. The van der Waals surface area contributed by atoms with Crippen LogP contribution in [0.3, 0.4) is 0 Å². The van der Waals surface area contributed by atoms with E-state index in [1.54, 1.807) is 11.1 Å². The predicted octanol–water partition coefficient (Wildman–Crippen LogP) is 2.04. The van der Waals surface area contributed by atoms with Crippen molar-refractivity contribution in [1.82, 2.24) is 14.8 Å². The predicted molar refractivity (Wildman–Crippen MR) is 86.6 cm³/mol. The number of nitrogen functional groups attached to an aromatic ring is 1. The maximum atomic E-state index is 12.6. The van der Waals surface area contributed by atoms with E-state index in [0.29, 0.717) is 16.6 Å². The molecular formula is C15H20N4OS. The molecule has 3 rings (SSSR count). The number of nitrogens with zero attached hydrogens (tertiary/aromatic N) is 3. The Kier molecular flexibility index (Phi) is 3.82. The van der Waals surface area contributed by atoms with Gasteiger partial charge < -0.3 is 15.5 Å². The number of hydrogen-bond donors (Lipinski definition) is 1. The van der Waals surface area contributed by atoms with Gasteiger partial charge in [0.15, 0.2) is 0 Å². The number of fused-ring (bicyclic) bond motifs is 1. The Morgan fingerprint density at radius 2 is 2.43 bits per heavy atom. The van der Waals surface area contributed by atoms with Crippen molar-refractivity contribution in [3.05, 3.63) is 23.2 Å². The fraction of sp³-hybridized carbons (Fsp3) is 0.467. The number of nitrogens with two attached hydrogens (primary N) is 1. The minimum absolute atomic E-state index is 0.00389. The summed E-state index contributed by atoms with van der Waals surface area (Å²) in [7, 11) is 3.97. The zero-order valence-corrected chi connectivity index (χ0v) is 13.2. The van der Waals surface area contributed by atoms with Gasteiger partial charge in [-0.15, -0.1) is 11.3 Å². The lowest BCUT2D eigenvalue weighted by atomic mass is 10.2. The average molecular weight is 304 g/mol. The number of carbonyl (C=O) groups excluding carboxylic acids is 1. The summed E-state index contributed by atoms with van der Waals surface area (Å²) in [5, 5.41) is 0. The Labute approximate surface area is 128 Å². The minimum Gasteiger partial charge on any atom is -0.396 e. The zero-order valence-electron chi connectivity index (χ0n) is 12.4. The van der Waals surface area contributed by atoms with Crippen LogP contribution in [0.25, 0.3) is 10.2 Å². The van der Waals surface area contributed by atoms with Crippen LogP contribution in [0.15, 0.2) is 18.3 Å². The summed E-state index contributed by atoms with van der Waals surface area (Å²) in [5.74, 6) is -0.00389. The number of anilines is 1. The van der Waals surface area contributed by atoms with Crippen molar-refractivity contribution in [2.24, 2.45) is 0 Å². The number of rotatable bonds is 3. The van der Waals surface area contributed by atoms with Crippen LogP contribution >= 0.6 is 11.3 Å². The van der Waals surface area contributed by atoms with Gasteiger partial charge in [0.2, 0.25) is 0 Å². The number of pyridine rings is 1. The number of aromatic nitrogens is 1. The van der Waals surface area contributed by atoms with E-state index in [-0.39, 0.29) is 5.91 Å². The van der Waals surface area contributed by atoms with E-state index in [0.717, 1.165) is 29.7 Å². The van der Waals surface area contributed by atoms with Gasteiger partial charge in [-0.25, -0.2) is 0 Å². The van der Waals surface area contributed by atoms with Crippen molar-refractivity contribution < 1.29 is 4.79 Å². The normalized spacial score (nSPS) is 19.2. The first-order chi connectivity index (χ1) is 10.1. The quantitative estimate of drug-likeness (QED) is 0.942. The van der Waals surface area contributed by atoms with E-state index in [2.05, 4.69) is 16.9 Å². The van der Waals surface area contributed by atoms with E-state index in [9.17, 15) is 4.79 Å². The van der Waals surface area contributed by atoms with Gasteiger partial charge in [0.05, 0.1) is 10.4 Å². The Morgan fingerprint density at radius 3 is 3.10 bits per heavy atom. The molecule has 1 fully saturated rings. The van der Waals surface area contributed by atoms with Crippen LogP contribution in [-0.4, -0.2) is 53.9 Å². The van der Waals surface area contributed by atoms with Crippen molar-refractivity contribution in [2.75, 3.05) is 32.9 Å². The third-order valence-electron chi connectivity index (χ3n) is 4.18. The number of likely N-dealkylation sites (tertiary alicyclic amines) is 1. The summed E-state index contributed by atoms with van der Waals surface area (Å²) in [6.07, 6.45) is 4.06. The van der Waals surface area contributed by atoms with E-state index < -0.39 is 0 Å². The third kappa shape index (κ3) is 2.61. The molecule has 3 heterocycles. The van der Waals surface area contributed by atoms with Gasteiger partial charge in [0.1, 0.15) is 10.4 Å². The van der Waals surface area contributed by atoms with E-state index in [1.165, 1.54) is 17.8 Å². The van der Waals surface area contributed by atoms with Crippen molar-refractivity contribution in [3.8, 4) is 0 Å². The number of thiophene rings is 1. The van der Waals surface area contributed by atoms with Crippen LogP contribution in [0.2, 0.25) is 0 Å². The summed E-state index contributed by atoms with van der Waals surface area (Å²) >= 11 is 1.43. The molecule has 0 radical (unpaired) electrons. The Balaban J connectivity index is 1.81. The van der Waals surface area contributed by atoms with Gasteiger partial charge in [0, 0.05) is 25.8 Å². The molecule has 21 heavy (non-hydrogen) atoms. The van der Waals surface area contributed by atoms with Crippen LogP contribution in [0, 0.1) is 0 Å². The zero-order chi connectivity index (χ0) is 15.0. The second-order valence-corrected chi connectivity index (χ2v) is 6.71. The molecule has 2 aromatic rings. The molecule has 1 atom stereocenters. The van der Waals surface area contributed by atoms with Crippen LogP contribution in [0.5, 0.6) is 0 Å². The maximum Gasteiger partial charge on any atom is 0.265 e. The fourth-order valence-electron chi connectivity index (χ4n) is 2.89. The third-order valence-corrected chi connectivity index (χ3v) is 5.33. The molecule has 112 valence electrons. The first-order valence-electron chi connectivity index (χ1n) is 7.16. The van der Waals surface area contributed by atoms with Crippen LogP contribution in [0.1, 0.15) is 22.5 Å². The lowest BCUT2D eigenvalue weighted by Crippen LogP contribution is -2.39. The summed E-state index contributed by atoms with van der Waals surface area (Å²) in [5.41, 5.74) is 7.34. The van der Waals surface area contributed by atoms with E-state index in [1.807, 2.05) is 19.2 Å². The maximum absolute atomic E-state index is 12.6. The molecule has 1 aliphatic rings. The van der Waals surface area contributed by atoms with Crippen LogP contribution in [0.4, 0.5) is 5.69 Å². The topological polar surface area (TPSA) is 62.5 Å². The highest BCUT2D eigenvalue weighted by Gasteiger charge is 2.26. The summed E-state index contributed by atoms with van der Waals surface area (Å²) in [4.78, 5) is 21.6. The largest absolute Gasteiger partial charge is 0.396 e. The Morgan fingerprint density at radius 1 is 1.62 bits per heavy atom. The molecule has 1 unspecified atom stereocenters. The van der Waals surface area contributed by atoms with Gasteiger partial charge in [-0.3, -0.25) is 9.78 Å². The molecule has 0 bridgehead atoms. The molecule has 6 heteroatoms. The molecular weight excluding hydrogens is 284 g/mol. The highest BCUT2D eigenvalue weighted by molar-refractivity contribution is 7.21. The fourth-order valence-corrected chi connectivity index (χ4v) is 3.96. The molecule has 1 amide bonds. The Bertz CT molecular complexity index is 669. The highest BCUT2D eigenvalue weighted by atomic mass is 32.1. The lowest BCUT2D eigenvalue weighted by molar-refractivity contribution is 0.0767. The van der Waals surface area contributed by atoms with Gasteiger partial charge in [-0.2, -0.15) is 0 Å². The van der Waals surface area contributed by atoms with Crippen molar-refractivity contribution in [3.63, 3.8) is 0 Å². The monoisotopic (exact) mass is 304 g/mol. The molecule has 1 aliphatic heterocycles. The summed E-state index contributed by atoms with van der Waals surface area (Å²) < 4.78 is 0.963. The molecule has 0 aromatic carbocycles. The van der Waals surface area contributed by atoms with Crippen LogP contribution < -0.4 is 5.73 Å². The number of likely N-dealkylation sites (N-methyl/N-ethyl adjacent to an activating group) is 2. The van der Waals surface area contributed by atoms with E-state index >= 15 is 0 Å². The number of carbonyl (C=O) groups is 1. The molecule has 2 aromatic heterocycles. The Hall–Kier alpha value is -1.66. The smallest absolute Gasteiger partial charge is 0.265 e. The number of amides is 1. The average Bonchev–Trinajstić information content (AvgIpc) is 3.03. The second-order valence-electron chi connectivity index (χ2n) is 5.66. The standard InChI is InChI=1S/C15H20N4OS/c1-18-8-4-5-10(18)9-19(2)15(20)14-12(16)13-11(21-14)6-3-7-17-13/h3,6-7,10H,4-5,8-9,16H2,1-2H3. The minimum atomic E-state index is -0.00389. The molecule has 0 spiro atoms. The van der Waals surface area contributed by atoms with E-state index in [4.69, 9.17) is 5.73 Å². The summed E-state index contributed by atoms with van der Waals surface area (Å²) in [6, 6.07) is 4.27. The van der Waals surface area contributed by atoms with Gasteiger partial charge in [0.25, 0.3) is 5.91 Å². The molecule has 2 N–H and O–H groups in total. The number of hydrogen-bond acceptors (Lipinski definition) is 5. The van der Waals surface area contributed by atoms with Gasteiger partial charge in [-0.1, -0.05) is 0 Å². The molecule has 1 saturated heterocycles. The highest BCUT2D eigenvalue weighted by Crippen LogP contribution is 2.32. The van der Waals surface area contributed by atoms with Crippen molar-refractivity contribution in [2.45, 2.75) is 18.9 Å². The molecule has 0 aliphatic carbocycles. The lowest BCUT2D eigenvalue weighted by Gasteiger charge is -2.25.